The number of hydrogen-bond donors (Lipinski definition) is 0. The first-order valence-electron chi connectivity index (χ1n) is 8.48. The first-order valence-corrected chi connectivity index (χ1v) is 9.36. The first kappa shape index (κ1) is 16.1. The molecular formula is C22H20O2S. The quantitative estimate of drug-likeness (QED) is 0.586. The van der Waals surface area contributed by atoms with E-state index in [1.165, 1.54) is 11.1 Å². The summed E-state index contributed by atoms with van der Waals surface area (Å²) in [5, 5.41) is 0.347. The maximum absolute atomic E-state index is 6.27. The molecule has 3 aromatic carbocycles. The SMILES string of the molecule is C[C@H]1Sc2cc(OCc3ccccc3)ccc2O[C@H]1c1ccccc1. The molecule has 4 rings (SSSR count). The smallest absolute Gasteiger partial charge is 0.136 e. The summed E-state index contributed by atoms with van der Waals surface area (Å²) in [5.74, 6) is 1.81. The Morgan fingerprint density at radius 1 is 0.920 bits per heavy atom. The van der Waals surface area contributed by atoms with Gasteiger partial charge in [-0.2, -0.15) is 0 Å². The molecule has 1 heterocycles. The molecule has 0 aliphatic carbocycles. The molecule has 3 heteroatoms. The summed E-state index contributed by atoms with van der Waals surface area (Å²) in [5.41, 5.74) is 2.39. The molecule has 0 radical (unpaired) electrons. The molecule has 2 atom stereocenters. The van der Waals surface area contributed by atoms with Crippen molar-refractivity contribution in [3.8, 4) is 11.5 Å². The molecule has 0 unspecified atom stereocenters. The van der Waals surface area contributed by atoms with Gasteiger partial charge in [0.05, 0.1) is 4.90 Å². The molecule has 0 spiro atoms. The van der Waals surface area contributed by atoms with Crippen LogP contribution in [0.2, 0.25) is 0 Å². The van der Waals surface area contributed by atoms with Gasteiger partial charge in [0.25, 0.3) is 0 Å². The van der Waals surface area contributed by atoms with E-state index in [1.54, 1.807) is 0 Å². The Labute approximate surface area is 152 Å². The van der Waals surface area contributed by atoms with Crippen LogP contribution in [0.4, 0.5) is 0 Å². The summed E-state index contributed by atoms with van der Waals surface area (Å²) < 4.78 is 12.2. The second-order valence-electron chi connectivity index (χ2n) is 6.15. The van der Waals surface area contributed by atoms with Crippen LogP contribution in [0, 0.1) is 0 Å². The molecule has 3 aromatic rings. The van der Waals surface area contributed by atoms with Gasteiger partial charge < -0.3 is 9.47 Å². The van der Waals surface area contributed by atoms with Gasteiger partial charge in [0.2, 0.25) is 0 Å². The summed E-state index contributed by atoms with van der Waals surface area (Å²) in [6.07, 6.45) is 0.0785. The summed E-state index contributed by atoms with van der Waals surface area (Å²) in [7, 11) is 0. The molecule has 1 aliphatic rings. The lowest BCUT2D eigenvalue weighted by Gasteiger charge is -2.31. The Morgan fingerprint density at radius 3 is 2.40 bits per heavy atom. The average Bonchev–Trinajstić information content (AvgIpc) is 2.67. The van der Waals surface area contributed by atoms with Gasteiger partial charge in [-0.25, -0.2) is 0 Å². The Morgan fingerprint density at radius 2 is 1.64 bits per heavy atom. The molecule has 0 N–H and O–H groups in total. The standard InChI is InChI=1S/C22H20O2S/c1-16-22(18-10-6-3-7-11-18)24-20-13-12-19(14-21(20)25-16)23-15-17-8-4-2-5-9-17/h2-14,16,22H,15H2,1H3/t16-,22-/m1/s1. The van der Waals surface area contributed by atoms with Crippen molar-refractivity contribution in [2.24, 2.45) is 0 Å². The minimum Gasteiger partial charge on any atom is -0.489 e. The van der Waals surface area contributed by atoms with E-state index < -0.39 is 0 Å². The molecule has 126 valence electrons. The predicted molar refractivity (Wildman–Crippen MR) is 102 cm³/mol. The summed E-state index contributed by atoms with van der Waals surface area (Å²) in [6.45, 7) is 2.79. The van der Waals surface area contributed by atoms with Gasteiger partial charge >= 0.3 is 0 Å². The molecule has 0 bridgehead atoms. The lowest BCUT2D eigenvalue weighted by Crippen LogP contribution is -2.22. The van der Waals surface area contributed by atoms with Crippen LogP contribution in [0.1, 0.15) is 24.2 Å². The van der Waals surface area contributed by atoms with Crippen LogP contribution in [-0.2, 0) is 6.61 Å². The topological polar surface area (TPSA) is 18.5 Å². The van der Waals surface area contributed by atoms with Gasteiger partial charge in [-0.1, -0.05) is 60.7 Å². The molecule has 0 saturated heterocycles. The third-order valence-electron chi connectivity index (χ3n) is 4.28. The number of benzene rings is 3. The molecule has 0 saturated carbocycles. The van der Waals surface area contributed by atoms with Crippen molar-refractivity contribution in [1.82, 2.24) is 0 Å². The average molecular weight is 348 g/mol. The van der Waals surface area contributed by atoms with Crippen molar-refractivity contribution >= 4 is 11.8 Å². The van der Waals surface area contributed by atoms with Crippen LogP contribution >= 0.6 is 11.8 Å². The highest BCUT2D eigenvalue weighted by atomic mass is 32.2. The van der Waals surface area contributed by atoms with E-state index in [1.807, 2.05) is 48.2 Å². The van der Waals surface area contributed by atoms with Crippen LogP contribution in [0.25, 0.3) is 0 Å². The third kappa shape index (κ3) is 3.67. The van der Waals surface area contributed by atoms with Crippen LogP contribution in [0.5, 0.6) is 11.5 Å². The van der Waals surface area contributed by atoms with E-state index in [0.29, 0.717) is 11.9 Å². The van der Waals surface area contributed by atoms with Crippen molar-refractivity contribution in [2.45, 2.75) is 29.8 Å². The van der Waals surface area contributed by atoms with Gasteiger partial charge in [-0.3, -0.25) is 0 Å². The maximum Gasteiger partial charge on any atom is 0.136 e. The highest BCUT2D eigenvalue weighted by Crippen LogP contribution is 2.46. The Kier molecular flexibility index (Phi) is 4.66. The minimum absolute atomic E-state index is 0.0785. The minimum atomic E-state index is 0.0785. The number of ether oxygens (including phenoxy) is 2. The van der Waals surface area contributed by atoms with Gasteiger partial charge in [0, 0.05) is 5.25 Å². The van der Waals surface area contributed by atoms with E-state index in [-0.39, 0.29) is 6.10 Å². The lowest BCUT2D eigenvalue weighted by atomic mass is 10.1. The fourth-order valence-corrected chi connectivity index (χ4v) is 4.14. The van der Waals surface area contributed by atoms with Crippen LogP contribution < -0.4 is 9.47 Å². The zero-order chi connectivity index (χ0) is 17.1. The fraction of sp³-hybridized carbons (Fsp3) is 0.182. The van der Waals surface area contributed by atoms with Gasteiger partial charge in [0.1, 0.15) is 24.2 Å². The lowest BCUT2D eigenvalue weighted by molar-refractivity contribution is 0.194. The first-order chi connectivity index (χ1) is 12.3. The summed E-state index contributed by atoms with van der Waals surface area (Å²) in [6, 6.07) is 26.7. The number of rotatable bonds is 4. The molecule has 0 aromatic heterocycles. The highest BCUT2D eigenvalue weighted by Gasteiger charge is 2.29. The van der Waals surface area contributed by atoms with Crippen molar-refractivity contribution in [3.05, 3.63) is 90.0 Å². The maximum atomic E-state index is 6.27. The summed E-state index contributed by atoms with van der Waals surface area (Å²) in [4.78, 5) is 1.14. The normalized spacial score (nSPS) is 18.9. The zero-order valence-electron chi connectivity index (χ0n) is 14.1. The van der Waals surface area contributed by atoms with Gasteiger partial charge in [0.15, 0.2) is 0 Å². The molecule has 0 amide bonds. The second-order valence-corrected chi connectivity index (χ2v) is 7.57. The van der Waals surface area contributed by atoms with Crippen LogP contribution in [-0.4, -0.2) is 5.25 Å². The second kappa shape index (κ2) is 7.24. The van der Waals surface area contributed by atoms with Crippen molar-refractivity contribution in [1.29, 1.82) is 0 Å². The fourth-order valence-electron chi connectivity index (χ4n) is 2.98. The largest absolute Gasteiger partial charge is 0.489 e. The van der Waals surface area contributed by atoms with E-state index in [9.17, 15) is 0 Å². The molecule has 25 heavy (non-hydrogen) atoms. The monoisotopic (exact) mass is 348 g/mol. The van der Waals surface area contributed by atoms with Crippen molar-refractivity contribution in [3.63, 3.8) is 0 Å². The highest BCUT2D eigenvalue weighted by molar-refractivity contribution is 8.00. The molecule has 2 nitrogen and oxygen atoms in total. The van der Waals surface area contributed by atoms with Gasteiger partial charge in [-0.15, -0.1) is 11.8 Å². The Bertz CT molecular complexity index is 833. The van der Waals surface area contributed by atoms with Crippen molar-refractivity contribution < 1.29 is 9.47 Å². The van der Waals surface area contributed by atoms with E-state index in [0.717, 1.165) is 16.4 Å². The third-order valence-corrected chi connectivity index (χ3v) is 5.48. The van der Waals surface area contributed by atoms with E-state index >= 15 is 0 Å². The van der Waals surface area contributed by atoms with E-state index in [4.69, 9.17) is 9.47 Å². The van der Waals surface area contributed by atoms with Crippen LogP contribution in [0.3, 0.4) is 0 Å². The molecule has 1 aliphatic heterocycles. The number of thioether (sulfide) groups is 1. The van der Waals surface area contributed by atoms with Crippen molar-refractivity contribution in [2.75, 3.05) is 0 Å². The van der Waals surface area contributed by atoms with Crippen LogP contribution in [0.15, 0.2) is 83.8 Å². The summed E-state index contributed by atoms with van der Waals surface area (Å²) >= 11 is 1.85. The zero-order valence-corrected chi connectivity index (χ0v) is 14.9. The Hall–Kier alpha value is -2.39. The molecule has 0 fully saturated rings. The van der Waals surface area contributed by atoms with E-state index in [2.05, 4.69) is 49.4 Å². The Balaban J connectivity index is 1.49. The van der Waals surface area contributed by atoms with Gasteiger partial charge in [-0.05, 0) is 36.2 Å². The molecular weight excluding hydrogens is 328 g/mol. The number of fused-ring (bicyclic) bond motifs is 1. The number of hydrogen-bond acceptors (Lipinski definition) is 3. The predicted octanol–water partition coefficient (Wildman–Crippen LogP) is 5.88.